The van der Waals surface area contributed by atoms with E-state index >= 15 is 0 Å². The zero-order valence-corrected chi connectivity index (χ0v) is 15.1. The Morgan fingerprint density at radius 1 is 1.04 bits per heavy atom. The number of aliphatic hydroxyl groups excluding tert-OH is 1. The van der Waals surface area contributed by atoms with Crippen LogP contribution in [0, 0.1) is 11.3 Å². The summed E-state index contributed by atoms with van der Waals surface area (Å²) in [6.07, 6.45) is 2.40. The van der Waals surface area contributed by atoms with Gasteiger partial charge in [0.05, 0.1) is 15.5 Å². The third-order valence-corrected chi connectivity index (χ3v) is 4.95. The van der Waals surface area contributed by atoms with Gasteiger partial charge in [0.1, 0.15) is 17.9 Å². The van der Waals surface area contributed by atoms with Gasteiger partial charge >= 0.3 is 0 Å². The van der Waals surface area contributed by atoms with Crippen molar-refractivity contribution in [3.05, 3.63) is 94.8 Å². The zero-order chi connectivity index (χ0) is 19.2. The SMILES string of the molecule is N#C/C(=C(/N)Sc1ccccc1O)c1cccc(C(O)c2ccncc2)c1. The van der Waals surface area contributed by atoms with Crippen LogP contribution in [0.1, 0.15) is 22.8 Å². The highest BCUT2D eigenvalue weighted by Crippen LogP contribution is 2.35. The molecule has 1 aromatic heterocycles. The molecule has 1 atom stereocenters. The molecular weight excluding hydrogens is 358 g/mol. The van der Waals surface area contributed by atoms with E-state index in [1.54, 1.807) is 73.1 Å². The monoisotopic (exact) mass is 375 g/mol. The Kier molecular flexibility index (Phi) is 5.77. The Balaban J connectivity index is 1.94. The number of nitrogens with zero attached hydrogens (tertiary/aromatic N) is 2. The second-order valence-electron chi connectivity index (χ2n) is 5.73. The molecule has 0 saturated heterocycles. The normalized spacial score (nSPS) is 12.7. The average Bonchev–Trinajstić information content (AvgIpc) is 2.70. The molecule has 6 heteroatoms. The number of hydrogen-bond acceptors (Lipinski definition) is 6. The fourth-order valence-corrected chi connectivity index (χ4v) is 3.40. The minimum Gasteiger partial charge on any atom is -0.507 e. The third-order valence-electron chi connectivity index (χ3n) is 3.96. The maximum absolute atomic E-state index is 10.6. The van der Waals surface area contributed by atoms with E-state index in [4.69, 9.17) is 5.73 Å². The summed E-state index contributed by atoms with van der Waals surface area (Å²) in [6.45, 7) is 0. The van der Waals surface area contributed by atoms with Crippen molar-refractivity contribution in [1.29, 1.82) is 5.26 Å². The summed E-state index contributed by atoms with van der Waals surface area (Å²) < 4.78 is 0. The maximum atomic E-state index is 10.6. The standard InChI is InChI=1S/C21H17N3O2S/c22-13-17(21(23)27-19-7-2-1-6-18(19)25)15-4-3-5-16(12-15)20(26)14-8-10-24-11-9-14/h1-12,20,25-26H,23H2/b21-17+. The van der Waals surface area contributed by atoms with Crippen LogP contribution in [0.4, 0.5) is 0 Å². The first kappa shape index (κ1) is 18.5. The van der Waals surface area contributed by atoms with Crippen LogP contribution in [0.25, 0.3) is 5.57 Å². The first-order chi connectivity index (χ1) is 13.1. The number of rotatable bonds is 5. The number of pyridine rings is 1. The zero-order valence-electron chi connectivity index (χ0n) is 14.3. The molecule has 2 aromatic carbocycles. The molecule has 4 N–H and O–H groups in total. The van der Waals surface area contributed by atoms with E-state index in [2.05, 4.69) is 11.1 Å². The van der Waals surface area contributed by atoms with E-state index in [1.807, 2.05) is 0 Å². The number of nitrogens with two attached hydrogens (primary N) is 1. The molecule has 1 unspecified atom stereocenters. The van der Waals surface area contributed by atoms with E-state index in [9.17, 15) is 15.5 Å². The average molecular weight is 375 g/mol. The van der Waals surface area contributed by atoms with Crippen LogP contribution in [0.3, 0.4) is 0 Å². The van der Waals surface area contributed by atoms with Gasteiger partial charge in [-0.1, -0.05) is 42.1 Å². The molecule has 0 amide bonds. The molecular formula is C21H17N3O2S. The molecule has 0 aliphatic rings. The second-order valence-corrected chi connectivity index (χ2v) is 6.81. The fraction of sp³-hybridized carbons (Fsp3) is 0.0476. The first-order valence-electron chi connectivity index (χ1n) is 8.14. The number of nitriles is 1. The van der Waals surface area contributed by atoms with Crippen molar-refractivity contribution in [2.75, 3.05) is 0 Å². The molecule has 0 spiro atoms. The number of phenolic OH excluding ortho intramolecular Hbond substituents is 1. The second kappa shape index (κ2) is 8.41. The Hall–Kier alpha value is -3.27. The van der Waals surface area contributed by atoms with Crippen molar-refractivity contribution >= 4 is 17.3 Å². The Morgan fingerprint density at radius 2 is 1.78 bits per heavy atom. The highest BCUT2D eigenvalue weighted by Gasteiger charge is 2.14. The number of aliphatic hydroxyl groups is 1. The lowest BCUT2D eigenvalue weighted by molar-refractivity contribution is 0.220. The Bertz CT molecular complexity index is 1010. The largest absolute Gasteiger partial charge is 0.507 e. The molecule has 3 rings (SSSR count). The molecule has 0 aliphatic heterocycles. The van der Waals surface area contributed by atoms with Crippen LogP contribution in [-0.4, -0.2) is 15.2 Å². The van der Waals surface area contributed by atoms with E-state index < -0.39 is 6.10 Å². The van der Waals surface area contributed by atoms with Crippen molar-refractivity contribution in [3.63, 3.8) is 0 Å². The summed E-state index contributed by atoms with van der Waals surface area (Å²) in [5.41, 5.74) is 8.38. The molecule has 0 aliphatic carbocycles. The molecule has 3 aromatic rings. The van der Waals surface area contributed by atoms with E-state index in [-0.39, 0.29) is 16.4 Å². The lowest BCUT2D eigenvalue weighted by Gasteiger charge is -2.13. The minimum absolute atomic E-state index is 0.101. The fourth-order valence-electron chi connectivity index (χ4n) is 2.58. The summed E-state index contributed by atoms with van der Waals surface area (Å²) in [6, 6.07) is 19.4. The van der Waals surface area contributed by atoms with E-state index in [0.29, 0.717) is 21.6 Å². The smallest absolute Gasteiger partial charge is 0.129 e. The molecule has 0 saturated carbocycles. The highest BCUT2D eigenvalue weighted by atomic mass is 32.2. The lowest BCUT2D eigenvalue weighted by Crippen LogP contribution is -2.02. The van der Waals surface area contributed by atoms with Gasteiger partial charge in [0.25, 0.3) is 0 Å². The van der Waals surface area contributed by atoms with Crippen molar-refractivity contribution < 1.29 is 10.2 Å². The van der Waals surface area contributed by atoms with Crippen molar-refractivity contribution in [1.82, 2.24) is 4.98 Å². The number of hydrogen-bond donors (Lipinski definition) is 3. The molecule has 0 bridgehead atoms. The van der Waals surface area contributed by atoms with Gasteiger partial charge in [-0.3, -0.25) is 4.98 Å². The van der Waals surface area contributed by atoms with Crippen LogP contribution in [0.5, 0.6) is 5.75 Å². The number of phenols is 1. The van der Waals surface area contributed by atoms with Gasteiger partial charge in [-0.05, 0) is 47.0 Å². The molecule has 27 heavy (non-hydrogen) atoms. The lowest BCUT2D eigenvalue weighted by atomic mass is 9.98. The van der Waals surface area contributed by atoms with Gasteiger partial charge in [0.15, 0.2) is 0 Å². The number of thioether (sulfide) groups is 1. The van der Waals surface area contributed by atoms with Crippen molar-refractivity contribution in [2.24, 2.45) is 5.73 Å². The summed E-state index contributed by atoms with van der Waals surface area (Å²) in [5.74, 6) is 0.101. The van der Waals surface area contributed by atoms with Gasteiger partial charge in [-0.15, -0.1) is 0 Å². The highest BCUT2D eigenvalue weighted by molar-refractivity contribution is 8.03. The van der Waals surface area contributed by atoms with Crippen LogP contribution in [0.2, 0.25) is 0 Å². The molecule has 0 fully saturated rings. The summed E-state index contributed by atoms with van der Waals surface area (Å²) >= 11 is 1.12. The van der Waals surface area contributed by atoms with E-state index in [1.165, 1.54) is 0 Å². The van der Waals surface area contributed by atoms with Crippen molar-refractivity contribution in [2.45, 2.75) is 11.0 Å². The van der Waals surface area contributed by atoms with Crippen LogP contribution in [-0.2, 0) is 0 Å². The van der Waals surface area contributed by atoms with Gasteiger partial charge in [0.2, 0.25) is 0 Å². The molecule has 0 radical (unpaired) electrons. The number of aromatic hydroxyl groups is 1. The van der Waals surface area contributed by atoms with Gasteiger partial charge in [-0.2, -0.15) is 5.26 Å². The quantitative estimate of drug-likeness (QED) is 0.463. The summed E-state index contributed by atoms with van der Waals surface area (Å²) in [4.78, 5) is 4.51. The maximum Gasteiger partial charge on any atom is 0.129 e. The number of allylic oxidation sites excluding steroid dienone is 1. The minimum atomic E-state index is -0.833. The number of aromatic nitrogens is 1. The molecule has 134 valence electrons. The van der Waals surface area contributed by atoms with Gasteiger partial charge < -0.3 is 15.9 Å². The summed E-state index contributed by atoms with van der Waals surface area (Å²) in [7, 11) is 0. The third kappa shape index (κ3) is 4.29. The topological polar surface area (TPSA) is 103 Å². The molecule has 1 heterocycles. The predicted octanol–water partition coefficient (Wildman–Crippen LogP) is 3.81. The molecule has 5 nitrogen and oxygen atoms in total. The number of benzene rings is 2. The Morgan fingerprint density at radius 3 is 2.48 bits per heavy atom. The van der Waals surface area contributed by atoms with Crippen LogP contribution in [0.15, 0.2) is 83.0 Å². The van der Waals surface area contributed by atoms with Gasteiger partial charge in [0, 0.05) is 12.4 Å². The first-order valence-corrected chi connectivity index (χ1v) is 8.96. The predicted molar refractivity (Wildman–Crippen MR) is 105 cm³/mol. The van der Waals surface area contributed by atoms with Crippen LogP contribution >= 0.6 is 11.8 Å². The number of para-hydroxylation sites is 1. The van der Waals surface area contributed by atoms with Gasteiger partial charge in [-0.25, -0.2) is 0 Å². The Labute approximate surface area is 161 Å². The van der Waals surface area contributed by atoms with Crippen LogP contribution < -0.4 is 5.73 Å². The summed E-state index contributed by atoms with van der Waals surface area (Å²) in [5, 5.41) is 30.4. The van der Waals surface area contributed by atoms with E-state index in [0.717, 1.165) is 11.8 Å². The van der Waals surface area contributed by atoms with Crippen molar-refractivity contribution in [3.8, 4) is 11.8 Å².